The minimum Gasteiger partial charge on any atom is -0.324 e. The zero-order chi connectivity index (χ0) is 9.99. The molecule has 0 rings (SSSR count). The van der Waals surface area contributed by atoms with E-state index >= 15 is 0 Å². The van der Waals surface area contributed by atoms with Gasteiger partial charge in [0.2, 0.25) is 0 Å². The Bertz CT molecular complexity index is 229. The van der Waals surface area contributed by atoms with E-state index in [9.17, 15) is 9.13 Å². The van der Waals surface area contributed by atoms with Gasteiger partial charge in [0.25, 0.3) is 0 Å². The molecule has 0 fully saturated rings. The summed E-state index contributed by atoms with van der Waals surface area (Å²) in [4.78, 5) is 33.5. The smallest absolute Gasteiger partial charge is 0.324 e. The summed E-state index contributed by atoms with van der Waals surface area (Å²) >= 11 is 0. The SMILES string of the molecule is N[C@@H](CCP(=O)(O)O)P(=O)(O)O. The first-order valence-electron chi connectivity index (χ1n) is 2.98. The third kappa shape index (κ3) is 5.85. The number of hydrogen-bond acceptors (Lipinski definition) is 3. The molecule has 0 saturated heterocycles. The monoisotopic (exact) mass is 219 g/mol. The summed E-state index contributed by atoms with van der Waals surface area (Å²) in [5, 5.41) is 0. The van der Waals surface area contributed by atoms with Crippen molar-refractivity contribution in [3.05, 3.63) is 0 Å². The Morgan fingerprint density at radius 2 is 1.58 bits per heavy atom. The lowest BCUT2D eigenvalue weighted by Crippen LogP contribution is -2.21. The van der Waals surface area contributed by atoms with Crippen molar-refractivity contribution >= 4 is 15.2 Å². The highest BCUT2D eigenvalue weighted by molar-refractivity contribution is 7.53. The van der Waals surface area contributed by atoms with Crippen LogP contribution in [-0.4, -0.2) is 31.5 Å². The van der Waals surface area contributed by atoms with Crippen LogP contribution >= 0.6 is 15.2 Å². The van der Waals surface area contributed by atoms with Crippen LogP contribution in [0.15, 0.2) is 0 Å². The van der Waals surface area contributed by atoms with Crippen LogP contribution in [0.5, 0.6) is 0 Å². The summed E-state index contributed by atoms with van der Waals surface area (Å²) in [7, 11) is -8.62. The fraction of sp³-hybridized carbons (Fsp3) is 1.00. The molecule has 0 aromatic carbocycles. The summed E-state index contributed by atoms with van der Waals surface area (Å²) in [5.74, 6) is -1.50. The maximum atomic E-state index is 10.4. The fourth-order valence-electron chi connectivity index (χ4n) is 0.469. The highest BCUT2D eigenvalue weighted by Crippen LogP contribution is 2.43. The fourth-order valence-corrected chi connectivity index (χ4v) is 1.75. The zero-order valence-corrected chi connectivity index (χ0v) is 7.86. The van der Waals surface area contributed by atoms with Gasteiger partial charge in [0.15, 0.2) is 0 Å². The molecule has 0 heterocycles. The van der Waals surface area contributed by atoms with Crippen LogP contribution in [0.2, 0.25) is 0 Å². The van der Waals surface area contributed by atoms with Gasteiger partial charge in [-0.2, -0.15) is 0 Å². The first kappa shape index (κ1) is 12.3. The first-order chi connectivity index (χ1) is 5.13. The Kier molecular flexibility index (Phi) is 4.07. The van der Waals surface area contributed by atoms with E-state index in [1.807, 2.05) is 0 Å². The molecule has 0 spiro atoms. The van der Waals surface area contributed by atoms with Gasteiger partial charge < -0.3 is 25.3 Å². The van der Waals surface area contributed by atoms with E-state index in [1.54, 1.807) is 0 Å². The van der Waals surface area contributed by atoms with Crippen LogP contribution in [0.3, 0.4) is 0 Å². The average Bonchev–Trinajstić information content (AvgIpc) is 1.78. The summed E-state index contributed by atoms with van der Waals surface area (Å²) in [6.45, 7) is 0. The summed E-state index contributed by atoms with van der Waals surface area (Å²) < 4.78 is 20.6. The summed E-state index contributed by atoms with van der Waals surface area (Å²) in [6, 6.07) is 0. The summed E-state index contributed by atoms with van der Waals surface area (Å²) in [6.07, 6.45) is -1.01. The molecule has 74 valence electrons. The standard InChI is InChI=1S/C3H11NO6P2/c4-3(12(8,9)10)1-2-11(5,6)7/h3H,1-2,4H2,(H2,5,6,7)(H2,8,9,10)/t3-/m1/s1. The Labute approximate surface area is 68.9 Å². The molecule has 0 bridgehead atoms. The molecule has 0 amide bonds. The van der Waals surface area contributed by atoms with Gasteiger partial charge in [0.05, 0.1) is 6.16 Å². The molecule has 9 heteroatoms. The molecule has 0 radical (unpaired) electrons. The minimum absolute atomic E-state index is 0.394. The van der Waals surface area contributed by atoms with Crippen molar-refractivity contribution in [2.45, 2.75) is 12.2 Å². The maximum absolute atomic E-state index is 10.4. The molecule has 0 aromatic rings. The van der Waals surface area contributed by atoms with E-state index in [0.717, 1.165) is 0 Å². The first-order valence-corrected chi connectivity index (χ1v) is 6.46. The second-order valence-corrected chi connectivity index (χ2v) is 5.95. The Balaban J connectivity index is 3.97. The molecule has 0 aliphatic rings. The van der Waals surface area contributed by atoms with E-state index in [4.69, 9.17) is 25.3 Å². The van der Waals surface area contributed by atoms with Gasteiger partial charge in [-0.1, -0.05) is 0 Å². The number of hydrogen-bond donors (Lipinski definition) is 5. The van der Waals surface area contributed by atoms with Crippen LogP contribution in [0.25, 0.3) is 0 Å². The normalized spacial score (nSPS) is 16.1. The van der Waals surface area contributed by atoms with Gasteiger partial charge in [0.1, 0.15) is 5.78 Å². The quantitative estimate of drug-likeness (QED) is 0.382. The molecule has 0 aliphatic carbocycles. The average molecular weight is 219 g/mol. The van der Waals surface area contributed by atoms with Gasteiger partial charge in [0, 0.05) is 0 Å². The molecule has 1 atom stereocenters. The van der Waals surface area contributed by atoms with Crippen molar-refractivity contribution in [3.8, 4) is 0 Å². The van der Waals surface area contributed by atoms with Crippen LogP contribution < -0.4 is 5.73 Å². The summed E-state index contributed by atoms with van der Waals surface area (Å²) in [5.41, 5.74) is 4.95. The zero-order valence-electron chi connectivity index (χ0n) is 6.07. The molecule has 7 nitrogen and oxygen atoms in total. The van der Waals surface area contributed by atoms with Gasteiger partial charge >= 0.3 is 15.2 Å². The molecule has 12 heavy (non-hydrogen) atoms. The highest BCUT2D eigenvalue weighted by Gasteiger charge is 2.27. The topological polar surface area (TPSA) is 141 Å². The van der Waals surface area contributed by atoms with E-state index in [-0.39, 0.29) is 0 Å². The minimum atomic E-state index is -4.41. The molecule has 0 aromatic heterocycles. The Morgan fingerprint density at radius 1 is 1.17 bits per heavy atom. The molecular weight excluding hydrogens is 208 g/mol. The third-order valence-corrected chi connectivity index (χ3v) is 3.11. The number of rotatable bonds is 4. The second kappa shape index (κ2) is 3.98. The van der Waals surface area contributed by atoms with Gasteiger partial charge in [-0.15, -0.1) is 0 Å². The lowest BCUT2D eigenvalue weighted by molar-refractivity contribution is 0.352. The van der Waals surface area contributed by atoms with Gasteiger partial charge in [-0.25, -0.2) is 0 Å². The largest absolute Gasteiger partial charge is 0.342 e. The third-order valence-electron chi connectivity index (χ3n) is 1.15. The van der Waals surface area contributed by atoms with Crippen LogP contribution in [0.1, 0.15) is 6.42 Å². The van der Waals surface area contributed by atoms with Crippen LogP contribution in [0, 0.1) is 0 Å². The number of nitrogens with two attached hydrogens (primary N) is 1. The van der Waals surface area contributed by atoms with Crippen molar-refractivity contribution in [2.75, 3.05) is 6.16 Å². The Hall–Kier alpha value is 0.260. The van der Waals surface area contributed by atoms with Crippen molar-refractivity contribution in [2.24, 2.45) is 5.73 Å². The predicted molar refractivity (Wildman–Crippen MR) is 41.5 cm³/mol. The van der Waals surface area contributed by atoms with E-state index in [0.29, 0.717) is 0 Å². The van der Waals surface area contributed by atoms with E-state index < -0.39 is 33.6 Å². The van der Waals surface area contributed by atoms with Crippen molar-refractivity contribution in [1.82, 2.24) is 0 Å². The molecule has 6 N–H and O–H groups in total. The van der Waals surface area contributed by atoms with Gasteiger partial charge in [-0.05, 0) is 6.42 Å². The molecule has 0 unspecified atom stereocenters. The molecular formula is C3H11NO6P2. The van der Waals surface area contributed by atoms with Crippen molar-refractivity contribution in [1.29, 1.82) is 0 Å². The lowest BCUT2D eigenvalue weighted by Gasteiger charge is -2.12. The maximum Gasteiger partial charge on any atom is 0.342 e. The molecule has 0 saturated carbocycles. The van der Waals surface area contributed by atoms with Crippen molar-refractivity contribution < 1.29 is 28.7 Å². The van der Waals surface area contributed by atoms with Crippen LogP contribution in [-0.2, 0) is 9.13 Å². The predicted octanol–water partition coefficient (Wildman–Crippen LogP) is -0.983. The van der Waals surface area contributed by atoms with Crippen molar-refractivity contribution in [3.63, 3.8) is 0 Å². The second-order valence-electron chi connectivity index (χ2n) is 2.33. The van der Waals surface area contributed by atoms with Gasteiger partial charge in [-0.3, -0.25) is 9.13 Å². The molecule has 0 aliphatic heterocycles. The van der Waals surface area contributed by atoms with E-state index in [2.05, 4.69) is 0 Å². The van der Waals surface area contributed by atoms with E-state index in [1.165, 1.54) is 0 Å². The highest BCUT2D eigenvalue weighted by atomic mass is 31.2. The Morgan fingerprint density at radius 3 is 1.83 bits per heavy atom. The lowest BCUT2D eigenvalue weighted by atomic mass is 10.5. The van der Waals surface area contributed by atoms with Crippen LogP contribution in [0.4, 0.5) is 0 Å².